The van der Waals surface area contributed by atoms with Crippen molar-refractivity contribution in [3.05, 3.63) is 23.7 Å². The van der Waals surface area contributed by atoms with Gasteiger partial charge in [-0.05, 0) is 12.5 Å². The smallest absolute Gasteiger partial charge is 0.133 e. The van der Waals surface area contributed by atoms with Crippen LogP contribution >= 0.6 is 0 Å². The summed E-state index contributed by atoms with van der Waals surface area (Å²) in [7, 11) is 0. The molecule has 0 unspecified atom stereocenters. The van der Waals surface area contributed by atoms with Gasteiger partial charge < -0.3 is 14.9 Å². The number of ether oxygens (including phenoxy) is 1. The molecule has 0 fully saturated rings. The molecule has 1 aromatic heterocycles. The Bertz CT molecular complexity index is 258. The predicted molar refractivity (Wildman–Crippen MR) is 60.4 cm³/mol. The molecular weight excluding hydrogens is 190 g/mol. The highest BCUT2D eigenvalue weighted by Crippen LogP contribution is 2.11. The average Bonchev–Trinajstić information content (AvgIpc) is 2.70. The third-order valence-corrected chi connectivity index (χ3v) is 2.43. The van der Waals surface area contributed by atoms with Crippen LogP contribution in [0, 0.1) is 0 Å². The number of hydrogen-bond donors (Lipinski definition) is 1. The van der Waals surface area contributed by atoms with Crippen molar-refractivity contribution in [2.45, 2.75) is 45.8 Å². The van der Waals surface area contributed by atoms with Crippen molar-refractivity contribution in [2.75, 3.05) is 6.61 Å². The lowest BCUT2D eigenvalue weighted by molar-refractivity contribution is 0.102. The Morgan fingerprint density at radius 2 is 2.20 bits per heavy atom. The fraction of sp³-hybridized carbons (Fsp3) is 0.667. The molecule has 0 atom stereocenters. The standard InChI is InChI=1S/C12H21NO2/c1-2-3-4-5-7-14-10-12-11(9-13)6-8-15-12/h6,8H,2-5,7,9-10,13H2,1H3. The van der Waals surface area contributed by atoms with Gasteiger partial charge in [-0.25, -0.2) is 0 Å². The maximum absolute atomic E-state index is 5.55. The maximum atomic E-state index is 5.55. The van der Waals surface area contributed by atoms with Crippen molar-refractivity contribution in [1.29, 1.82) is 0 Å². The van der Waals surface area contributed by atoms with Crippen molar-refractivity contribution in [3.63, 3.8) is 0 Å². The van der Waals surface area contributed by atoms with Crippen molar-refractivity contribution < 1.29 is 9.15 Å². The molecule has 0 aliphatic rings. The van der Waals surface area contributed by atoms with E-state index in [1.807, 2.05) is 6.07 Å². The summed E-state index contributed by atoms with van der Waals surface area (Å²) >= 11 is 0. The van der Waals surface area contributed by atoms with Gasteiger partial charge in [-0.3, -0.25) is 0 Å². The van der Waals surface area contributed by atoms with Crippen LogP contribution in [-0.2, 0) is 17.9 Å². The van der Waals surface area contributed by atoms with Gasteiger partial charge in [0.25, 0.3) is 0 Å². The summed E-state index contributed by atoms with van der Waals surface area (Å²) in [6.45, 7) is 4.08. The molecule has 15 heavy (non-hydrogen) atoms. The van der Waals surface area contributed by atoms with Crippen LogP contribution in [0.5, 0.6) is 0 Å². The summed E-state index contributed by atoms with van der Waals surface area (Å²) in [6, 6.07) is 1.90. The Balaban J connectivity index is 2.09. The van der Waals surface area contributed by atoms with Crippen molar-refractivity contribution >= 4 is 0 Å². The highest BCUT2D eigenvalue weighted by Gasteiger charge is 2.03. The molecule has 0 saturated heterocycles. The Labute approximate surface area is 91.6 Å². The predicted octanol–water partition coefficient (Wildman–Crippen LogP) is 2.84. The maximum Gasteiger partial charge on any atom is 0.133 e. The van der Waals surface area contributed by atoms with E-state index in [0.29, 0.717) is 13.2 Å². The lowest BCUT2D eigenvalue weighted by atomic mass is 10.2. The first-order valence-corrected chi connectivity index (χ1v) is 5.71. The second-order valence-electron chi connectivity index (χ2n) is 3.69. The van der Waals surface area contributed by atoms with E-state index in [4.69, 9.17) is 14.9 Å². The number of nitrogens with two attached hydrogens (primary N) is 1. The van der Waals surface area contributed by atoms with Gasteiger partial charge in [0.1, 0.15) is 12.4 Å². The normalized spacial score (nSPS) is 10.8. The summed E-state index contributed by atoms with van der Waals surface area (Å²) in [4.78, 5) is 0. The van der Waals surface area contributed by atoms with E-state index < -0.39 is 0 Å². The van der Waals surface area contributed by atoms with Gasteiger partial charge in [0.05, 0.1) is 6.26 Å². The minimum Gasteiger partial charge on any atom is -0.467 e. The summed E-state index contributed by atoms with van der Waals surface area (Å²) in [6.07, 6.45) is 6.59. The number of rotatable bonds is 8. The van der Waals surface area contributed by atoms with Gasteiger partial charge >= 0.3 is 0 Å². The third-order valence-electron chi connectivity index (χ3n) is 2.43. The monoisotopic (exact) mass is 211 g/mol. The summed E-state index contributed by atoms with van der Waals surface area (Å²) < 4.78 is 10.8. The molecule has 0 saturated carbocycles. The van der Waals surface area contributed by atoms with Gasteiger partial charge in [0.2, 0.25) is 0 Å². The minimum absolute atomic E-state index is 0.519. The quantitative estimate of drug-likeness (QED) is 0.673. The first-order chi connectivity index (χ1) is 7.38. The van der Waals surface area contributed by atoms with E-state index in [1.54, 1.807) is 6.26 Å². The van der Waals surface area contributed by atoms with Crippen LogP contribution < -0.4 is 5.73 Å². The van der Waals surface area contributed by atoms with Crippen molar-refractivity contribution in [2.24, 2.45) is 5.73 Å². The van der Waals surface area contributed by atoms with Crippen LogP contribution in [-0.4, -0.2) is 6.61 Å². The molecular formula is C12H21NO2. The van der Waals surface area contributed by atoms with Crippen molar-refractivity contribution in [3.8, 4) is 0 Å². The Morgan fingerprint density at radius 1 is 1.33 bits per heavy atom. The van der Waals surface area contributed by atoms with Gasteiger partial charge in [0.15, 0.2) is 0 Å². The highest BCUT2D eigenvalue weighted by molar-refractivity contribution is 5.15. The SMILES string of the molecule is CCCCCCOCc1occc1CN. The van der Waals surface area contributed by atoms with Gasteiger partial charge in [0, 0.05) is 18.7 Å². The fourth-order valence-electron chi connectivity index (χ4n) is 1.47. The summed E-state index contributed by atoms with van der Waals surface area (Å²) in [5.74, 6) is 0.869. The lowest BCUT2D eigenvalue weighted by Gasteiger charge is -2.03. The average molecular weight is 211 g/mol. The van der Waals surface area contributed by atoms with E-state index >= 15 is 0 Å². The molecule has 1 aromatic rings. The number of unbranched alkanes of at least 4 members (excludes halogenated alkanes) is 3. The Kier molecular flexibility index (Phi) is 6.12. The van der Waals surface area contributed by atoms with Crippen LogP contribution in [0.2, 0.25) is 0 Å². The van der Waals surface area contributed by atoms with Crippen LogP contribution in [0.25, 0.3) is 0 Å². The molecule has 0 aliphatic carbocycles. The molecule has 0 radical (unpaired) electrons. The zero-order valence-corrected chi connectivity index (χ0v) is 9.50. The third kappa shape index (κ3) is 4.49. The topological polar surface area (TPSA) is 48.4 Å². The van der Waals surface area contributed by atoms with Gasteiger partial charge in [-0.1, -0.05) is 26.2 Å². The van der Waals surface area contributed by atoms with Crippen LogP contribution in [0.3, 0.4) is 0 Å². The van der Waals surface area contributed by atoms with E-state index in [1.165, 1.54) is 19.3 Å². The number of furan rings is 1. The first-order valence-electron chi connectivity index (χ1n) is 5.71. The van der Waals surface area contributed by atoms with E-state index in [0.717, 1.165) is 24.4 Å². The van der Waals surface area contributed by atoms with Gasteiger partial charge in [-0.15, -0.1) is 0 Å². The molecule has 0 aromatic carbocycles. The minimum atomic E-state index is 0.519. The Hall–Kier alpha value is -0.800. The lowest BCUT2D eigenvalue weighted by Crippen LogP contribution is -2.01. The largest absolute Gasteiger partial charge is 0.467 e. The summed E-state index contributed by atoms with van der Waals surface area (Å²) in [5, 5.41) is 0. The van der Waals surface area contributed by atoms with Crippen molar-refractivity contribution in [1.82, 2.24) is 0 Å². The van der Waals surface area contributed by atoms with Crippen LogP contribution in [0.15, 0.2) is 16.7 Å². The second-order valence-corrected chi connectivity index (χ2v) is 3.69. The molecule has 0 aliphatic heterocycles. The zero-order valence-electron chi connectivity index (χ0n) is 9.50. The van der Waals surface area contributed by atoms with Gasteiger partial charge in [-0.2, -0.15) is 0 Å². The molecule has 86 valence electrons. The molecule has 0 spiro atoms. The van der Waals surface area contributed by atoms with E-state index in [2.05, 4.69) is 6.92 Å². The van der Waals surface area contributed by atoms with Crippen LogP contribution in [0.1, 0.15) is 43.9 Å². The molecule has 0 bridgehead atoms. The van der Waals surface area contributed by atoms with Crippen LogP contribution in [0.4, 0.5) is 0 Å². The molecule has 3 heteroatoms. The number of hydrogen-bond acceptors (Lipinski definition) is 3. The molecule has 3 nitrogen and oxygen atoms in total. The molecule has 1 rings (SSSR count). The fourth-order valence-corrected chi connectivity index (χ4v) is 1.47. The second kappa shape index (κ2) is 7.49. The molecule has 0 amide bonds. The zero-order chi connectivity index (χ0) is 10.9. The highest BCUT2D eigenvalue weighted by atomic mass is 16.5. The molecule has 2 N–H and O–H groups in total. The van der Waals surface area contributed by atoms with E-state index in [9.17, 15) is 0 Å². The summed E-state index contributed by atoms with van der Waals surface area (Å²) in [5.41, 5.74) is 6.59. The molecule has 1 heterocycles. The van der Waals surface area contributed by atoms with E-state index in [-0.39, 0.29) is 0 Å². The Morgan fingerprint density at radius 3 is 2.93 bits per heavy atom. The first kappa shape index (κ1) is 12.3.